The zero-order chi connectivity index (χ0) is 19.2. The minimum absolute atomic E-state index is 0.0566. The van der Waals surface area contributed by atoms with Gasteiger partial charge in [-0.2, -0.15) is 0 Å². The Morgan fingerprint density at radius 3 is 2.67 bits per heavy atom. The quantitative estimate of drug-likeness (QED) is 0.814. The molecule has 2 aliphatic heterocycles. The second-order valence-corrected chi connectivity index (χ2v) is 9.13. The SMILES string of the molecule is CCC(=O)N1c2ccc(S(=O)(=O)N3CCCc4ccccc43)cc2CC1C. The molecule has 0 fully saturated rings. The van der Waals surface area contributed by atoms with Crippen LogP contribution in [0.5, 0.6) is 0 Å². The lowest BCUT2D eigenvalue weighted by Crippen LogP contribution is -2.35. The normalized spacial score (nSPS) is 19.0. The van der Waals surface area contributed by atoms with Gasteiger partial charge in [-0.05, 0) is 61.6 Å². The van der Waals surface area contributed by atoms with Crippen molar-refractivity contribution < 1.29 is 13.2 Å². The van der Waals surface area contributed by atoms with Crippen LogP contribution in [0.1, 0.15) is 37.8 Å². The standard InChI is InChI=1S/C21H24N2O3S/c1-3-21(24)23-15(2)13-17-14-18(10-11-20(17)23)27(25,26)22-12-6-8-16-7-4-5-9-19(16)22/h4-5,7,9-11,14-15H,3,6,8,12-13H2,1-2H3. The van der Waals surface area contributed by atoms with Crippen molar-refractivity contribution in [3.8, 4) is 0 Å². The summed E-state index contributed by atoms with van der Waals surface area (Å²) in [6, 6.07) is 12.9. The Kier molecular flexibility index (Phi) is 4.46. The first-order valence-electron chi connectivity index (χ1n) is 9.49. The van der Waals surface area contributed by atoms with Gasteiger partial charge in [0.05, 0.1) is 10.6 Å². The summed E-state index contributed by atoms with van der Waals surface area (Å²) in [5.74, 6) is 0.0711. The molecule has 0 spiro atoms. The van der Waals surface area contributed by atoms with Gasteiger partial charge in [-0.3, -0.25) is 9.10 Å². The topological polar surface area (TPSA) is 57.7 Å². The third kappa shape index (κ3) is 2.92. The van der Waals surface area contributed by atoms with Gasteiger partial charge in [-0.25, -0.2) is 8.42 Å². The van der Waals surface area contributed by atoms with Crippen LogP contribution in [0.2, 0.25) is 0 Å². The molecular formula is C21H24N2O3S. The summed E-state index contributed by atoms with van der Waals surface area (Å²) in [5.41, 5.74) is 3.62. The molecule has 0 bridgehead atoms. The Bertz CT molecular complexity index is 1000. The number of carbonyl (C=O) groups is 1. The molecule has 2 heterocycles. The molecule has 5 nitrogen and oxygen atoms in total. The van der Waals surface area contributed by atoms with Gasteiger partial charge < -0.3 is 4.90 Å². The maximum absolute atomic E-state index is 13.3. The predicted octanol–water partition coefficient (Wildman–Crippen LogP) is 3.52. The first-order chi connectivity index (χ1) is 12.9. The Hall–Kier alpha value is -2.34. The van der Waals surface area contributed by atoms with E-state index in [2.05, 4.69) is 0 Å². The van der Waals surface area contributed by atoms with Crippen LogP contribution < -0.4 is 9.21 Å². The smallest absolute Gasteiger partial charge is 0.264 e. The van der Waals surface area contributed by atoms with Crippen molar-refractivity contribution in [2.75, 3.05) is 15.7 Å². The van der Waals surface area contributed by atoms with E-state index in [0.717, 1.165) is 35.3 Å². The number of nitrogens with zero attached hydrogens (tertiary/aromatic N) is 2. The number of aryl methyl sites for hydroxylation is 1. The van der Waals surface area contributed by atoms with Crippen LogP contribution in [0.3, 0.4) is 0 Å². The van der Waals surface area contributed by atoms with Crippen LogP contribution in [0.25, 0.3) is 0 Å². The van der Waals surface area contributed by atoms with E-state index >= 15 is 0 Å². The van der Waals surface area contributed by atoms with Crippen molar-refractivity contribution in [2.24, 2.45) is 0 Å². The summed E-state index contributed by atoms with van der Waals surface area (Å²) in [7, 11) is -3.63. The van der Waals surface area contributed by atoms with Crippen LogP contribution in [0, 0.1) is 0 Å². The minimum atomic E-state index is -3.63. The molecule has 0 aromatic heterocycles. The molecule has 1 amide bonds. The van der Waals surface area contributed by atoms with Gasteiger partial charge in [0.1, 0.15) is 0 Å². The number of rotatable bonds is 3. The Balaban J connectivity index is 1.73. The zero-order valence-electron chi connectivity index (χ0n) is 15.7. The second kappa shape index (κ2) is 6.68. The highest BCUT2D eigenvalue weighted by molar-refractivity contribution is 7.92. The second-order valence-electron chi connectivity index (χ2n) is 7.27. The summed E-state index contributed by atoms with van der Waals surface area (Å²) in [6.45, 7) is 4.34. The van der Waals surface area contributed by atoms with Gasteiger partial charge in [0.15, 0.2) is 0 Å². The fourth-order valence-corrected chi connectivity index (χ4v) is 5.79. The molecule has 0 radical (unpaired) electrons. The molecule has 0 saturated carbocycles. The lowest BCUT2D eigenvalue weighted by Gasteiger charge is -2.30. The number of carbonyl (C=O) groups excluding carboxylic acids is 1. The minimum Gasteiger partial charge on any atom is -0.309 e. The molecule has 1 unspecified atom stereocenters. The number of fused-ring (bicyclic) bond motifs is 2. The van der Waals surface area contributed by atoms with Crippen LogP contribution in [0.15, 0.2) is 47.4 Å². The maximum Gasteiger partial charge on any atom is 0.264 e. The van der Waals surface area contributed by atoms with E-state index in [1.165, 1.54) is 4.31 Å². The van der Waals surface area contributed by atoms with E-state index in [1.807, 2.05) is 38.1 Å². The average Bonchev–Trinajstić information content (AvgIpc) is 3.01. The van der Waals surface area contributed by atoms with Gasteiger partial charge in [0.2, 0.25) is 5.91 Å². The first-order valence-corrected chi connectivity index (χ1v) is 10.9. The van der Waals surface area contributed by atoms with Crippen LogP contribution >= 0.6 is 0 Å². The summed E-state index contributed by atoms with van der Waals surface area (Å²) in [4.78, 5) is 14.3. The highest BCUT2D eigenvalue weighted by atomic mass is 32.2. The number of hydrogen-bond acceptors (Lipinski definition) is 3. The first kappa shape index (κ1) is 18.0. The summed E-state index contributed by atoms with van der Waals surface area (Å²) < 4.78 is 28.2. The molecule has 2 aromatic carbocycles. The molecule has 0 N–H and O–H groups in total. The number of sulfonamides is 1. The van der Waals surface area contributed by atoms with Crippen LogP contribution in [-0.2, 0) is 27.7 Å². The molecule has 0 saturated heterocycles. The van der Waals surface area contributed by atoms with Crippen LogP contribution in [-0.4, -0.2) is 26.9 Å². The summed E-state index contributed by atoms with van der Waals surface area (Å²) >= 11 is 0. The zero-order valence-corrected chi connectivity index (χ0v) is 16.5. The predicted molar refractivity (Wildman–Crippen MR) is 107 cm³/mol. The number of hydrogen-bond donors (Lipinski definition) is 0. The van der Waals surface area contributed by atoms with Gasteiger partial charge in [-0.1, -0.05) is 25.1 Å². The van der Waals surface area contributed by atoms with Crippen molar-refractivity contribution in [3.05, 3.63) is 53.6 Å². The number of benzene rings is 2. The van der Waals surface area contributed by atoms with Gasteiger partial charge in [0, 0.05) is 24.7 Å². The summed E-state index contributed by atoms with van der Waals surface area (Å²) in [5, 5.41) is 0. The van der Waals surface area contributed by atoms with E-state index < -0.39 is 10.0 Å². The van der Waals surface area contributed by atoms with Crippen molar-refractivity contribution in [1.29, 1.82) is 0 Å². The maximum atomic E-state index is 13.3. The Labute approximate surface area is 160 Å². The largest absolute Gasteiger partial charge is 0.309 e. The Morgan fingerprint density at radius 1 is 1.11 bits per heavy atom. The molecule has 2 aromatic rings. The number of amides is 1. The average molecular weight is 385 g/mol. The highest BCUT2D eigenvalue weighted by Gasteiger charge is 2.33. The fourth-order valence-electron chi connectivity index (χ4n) is 4.19. The number of anilines is 2. The monoisotopic (exact) mass is 384 g/mol. The number of para-hydroxylation sites is 1. The third-order valence-corrected chi connectivity index (χ3v) is 7.30. The van der Waals surface area contributed by atoms with Gasteiger partial charge in [-0.15, -0.1) is 0 Å². The van der Waals surface area contributed by atoms with E-state index in [9.17, 15) is 13.2 Å². The fraction of sp³-hybridized carbons (Fsp3) is 0.381. The van der Waals surface area contributed by atoms with Gasteiger partial charge >= 0.3 is 0 Å². The van der Waals surface area contributed by atoms with Crippen molar-refractivity contribution >= 4 is 27.3 Å². The molecule has 4 rings (SSSR count). The summed E-state index contributed by atoms with van der Waals surface area (Å²) in [6.07, 6.45) is 2.84. The van der Waals surface area contributed by atoms with E-state index in [4.69, 9.17) is 0 Å². The highest BCUT2D eigenvalue weighted by Crippen LogP contribution is 2.37. The lowest BCUT2D eigenvalue weighted by molar-refractivity contribution is -0.118. The van der Waals surface area contributed by atoms with Gasteiger partial charge in [0.25, 0.3) is 10.0 Å². The van der Waals surface area contributed by atoms with E-state index in [1.54, 1.807) is 23.1 Å². The lowest BCUT2D eigenvalue weighted by atomic mass is 10.0. The van der Waals surface area contributed by atoms with Crippen LogP contribution in [0.4, 0.5) is 11.4 Å². The van der Waals surface area contributed by atoms with E-state index in [-0.39, 0.29) is 11.9 Å². The van der Waals surface area contributed by atoms with Crippen molar-refractivity contribution in [1.82, 2.24) is 0 Å². The molecule has 2 aliphatic rings. The molecule has 6 heteroatoms. The molecule has 0 aliphatic carbocycles. The van der Waals surface area contributed by atoms with Crippen molar-refractivity contribution in [2.45, 2.75) is 50.5 Å². The molecule has 1 atom stereocenters. The third-order valence-electron chi connectivity index (χ3n) is 5.49. The molecular weight excluding hydrogens is 360 g/mol. The Morgan fingerprint density at radius 2 is 1.89 bits per heavy atom. The van der Waals surface area contributed by atoms with E-state index in [0.29, 0.717) is 24.3 Å². The molecule has 27 heavy (non-hydrogen) atoms. The molecule has 142 valence electrons. The van der Waals surface area contributed by atoms with Crippen molar-refractivity contribution in [3.63, 3.8) is 0 Å².